The van der Waals surface area contributed by atoms with Crippen LogP contribution in [0.15, 0.2) is 47.4 Å². The van der Waals surface area contributed by atoms with Gasteiger partial charge >= 0.3 is 0 Å². The lowest BCUT2D eigenvalue weighted by atomic mass is 10.2. The van der Waals surface area contributed by atoms with Crippen molar-refractivity contribution in [3.05, 3.63) is 58.1 Å². The third-order valence-corrected chi connectivity index (χ3v) is 4.39. The van der Waals surface area contributed by atoms with Crippen molar-refractivity contribution >= 4 is 44.8 Å². The Hall–Kier alpha value is -1.60. The van der Waals surface area contributed by atoms with Crippen LogP contribution in [0.5, 0.6) is 0 Å². The molecule has 0 radical (unpaired) electrons. The number of sulfonamides is 1. The van der Waals surface area contributed by atoms with E-state index in [1.165, 1.54) is 30.3 Å². The summed E-state index contributed by atoms with van der Waals surface area (Å²) in [5.41, 5.74) is 0.628. The Kier molecular flexibility index (Phi) is 4.53. The SMILES string of the molecule is NS(=O)(=O)c1ccc(NC(=O)c2cccc(Cl)c2Cl)cc1. The predicted octanol–water partition coefficient (Wildman–Crippen LogP) is 2.89. The quantitative estimate of drug-likeness (QED) is 0.896. The molecule has 2 aromatic rings. The molecule has 3 N–H and O–H groups in total. The smallest absolute Gasteiger partial charge is 0.257 e. The summed E-state index contributed by atoms with van der Waals surface area (Å²) in [5, 5.41) is 8.00. The minimum atomic E-state index is -3.76. The molecule has 0 bridgehead atoms. The number of amides is 1. The molecular formula is C13H10Cl2N2O3S. The number of nitrogens with one attached hydrogen (secondary N) is 1. The van der Waals surface area contributed by atoms with Gasteiger partial charge in [0.05, 0.1) is 20.5 Å². The first-order valence-corrected chi connectivity index (χ1v) is 7.97. The summed E-state index contributed by atoms with van der Waals surface area (Å²) in [6.07, 6.45) is 0. The maximum atomic E-state index is 12.1. The molecule has 110 valence electrons. The fraction of sp³-hybridized carbons (Fsp3) is 0. The molecule has 21 heavy (non-hydrogen) atoms. The van der Waals surface area contributed by atoms with Gasteiger partial charge in [-0.1, -0.05) is 29.3 Å². The van der Waals surface area contributed by atoms with E-state index in [9.17, 15) is 13.2 Å². The van der Waals surface area contributed by atoms with Gasteiger partial charge < -0.3 is 5.32 Å². The maximum absolute atomic E-state index is 12.1. The van der Waals surface area contributed by atoms with Crippen molar-refractivity contribution in [3.8, 4) is 0 Å². The number of hydrogen-bond acceptors (Lipinski definition) is 3. The van der Waals surface area contributed by atoms with Crippen LogP contribution in [0, 0.1) is 0 Å². The topological polar surface area (TPSA) is 89.3 Å². The highest BCUT2D eigenvalue weighted by atomic mass is 35.5. The minimum absolute atomic E-state index is 0.0405. The van der Waals surface area contributed by atoms with Gasteiger partial charge in [0.2, 0.25) is 10.0 Å². The van der Waals surface area contributed by atoms with E-state index in [1.807, 2.05) is 0 Å². The molecule has 1 amide bonds. The molecule has 0 atom stereocenters. The van der Waals surface area contributed by atoms with Gasteiger partial charge in [-0.2, -0.15) is 0 Å². The first-order valence-electron chi connectivity index (χ1n) is 5.67. The molecule has 2 rings (SSSR count). The number of hydrogen-bond donors (Lipinski definition) is 2. The Labute approximate surface area is 131 Å². The monoisotopic (exact) mass is 344 g/mol. The summed E-state index contributed by atoms with van der Waals surface area (Å²) in [6.45, 7) is 0. The second-order valence-corrected chi connectivity index (χ2v) is 6.47. The summed E-state index contributed by atoms with van der Waals surface area (Å²) < 4.78 is 22.3. The van der Waals surface area contributed by atoms with Crippen molar-refractivity contribution in [3.63, 3.8) is 0 Å². The molecule has 0 unspecified atom stereocenters. The molecular weight excluding hydrogens is 335 g/mol. The molecule has 0 spiro atoms. The Morgan fingerprint density at radius 1 is 1.05 bits per heavy atom. The lowest BCUT2D eigenvalue weighted by molar-refractivity contribution is 0.102. The van der Waals surface area contributed by atoms with Gasteiger partial charge in [-0.15, -0.1) is 0 Å². The number of benzene rings is 2. The highest BCUT2D eigenvalue weighted by Crippen LogP contribution is 2.26. The summed E-state index contributed by atoms with van der Waals surface area (Å²) >= 11 is 11.8. The van der Waals surface area contributed by atoms with Crippen LogP contribution in [-0.4, -0.2) is 14.3 Å². The van der Waals surface area contributed by atoms with Crippen LogP contribution < -0.4 is 10.5 Å². The Morgan fingerprint density at radius 2 is 1.67 bits per heavy atom. The molecule has 2 aromatic carbocycles. The van der Waals surface area contributed by atoms with E-state index in [0.29, 0.717) is 5.69 Å². The van der Waals surface area contributed by atoms with Crippen LogP contribution in [0.1, 0.15) is 10.4 Å². The zero-order valence-electron chi connectivity index (χ0n) is 10.5. The number of primary sulfonamides is 1. The van der Waals surface area contributed by atoms with E-state index in [0.717, 1.165) is 0 Å². The second kappa shape index (κ2) is 6.03. The van der Waals surface area contributed by atoms with Gasteiger partial charge in [0, 0.05) is 5.69 Å². The van der Waals surface area contributed by atoms with Gasteiger partial charge in [0.1, 0.15) is 0 Å². The van der Waals surface area contributed by atoms with Crippen LogP contribution >= 0.6 is 23.2 Å². The molecule has 0 aromatic heterocycles. The van der Waals surface area contributed by atoms with E-state index >= 15 is 0 Å². The number of anilines is 1. The van der Waals surface area contributed by atoms with Gasteiger partial charge in [-0.25, -0.2) is 13.6 Å². The first kappa shape index (κ1) is 15.8. The predicted molar refractivity (Wildman–Crippen MR) is 82.2 cm³/mol. The molecule has 0 aliphatic heterocycles. The zero-order chi connectivity index (χ0) is 15.6. The van der Waals surface area contributed by atoms with Crippen molar-refractivity contribution in [2.75, 3.05) is 5.32 Å². The third-order valence-electron chi connectivity index (χ3n) is 2.64. The van der Waals surface area contributed by atoms with E-state index in [-0.39, 0.29) is 20.5 Å². The Balaban J connectivity index is 2.22. The van der Waals surface area contributed by atoms with Crippen LogP contribution in [0.4, 0.5) is 5.69 Å². The lowest BCUT2D eigenvalue weighted by Crippen LogP contribution is -2.14. The fourth-order valence-corrected chi connectivity index (χ4v) is 2.51. The third kappa shape index (κ3) is 3.74. The average molecular weight is 345 g/mol. The Bertz CT molecular complexity index is 790. The first-order chi connectivity index (χ1) is 9.79. The maximum Gasteiger partial charge on any atom is 0.257 e. The Morgan fingerprint density at radius 3 is 2.24 bits per heavy atom. The van der Waals surface area contributed by atoms with E-state index in [2.05, 4.69) is 5.32 Å². The van der Waals surface area contributed by atoms with Crippen molar-refractivity contribution in [2.45, 2.75) is 4.90 Å². The van der Waals surface area contributed by atoms with Gasteiger partial charge in [-0.05, 0) is 36.4 Å². The minimum Gasteiger partial charge on any atom is -0.322 e. The molecule has 0 aliphatic rings. The fourth-order valence-electron chi connectivity index (χ4n) is 1.61. The van der Waals surface area contributed by atoms with Crippen LogP contribution in [0.2, 0.25) is 10.0 Å². The summed E-state index contributed by atoms with van der Waals surface area (Å²) in [6, 6.07) is 10.2. The van der Waals surface area contributed by atoms with Crippen LogP contribution in [-0.2, 0) is 10.0 Å². The number of carbonyl (C=O) groups excluding carboxylic acids is 1. The highest BCUT2D eigenvalue weighted by molar-refractivity contribution is 7.89. The molecule has 5 nitrogen and oxygen atoms in total. The van der Waals surface area contributed by atoms with Crippen molar-refractivity contribution in [2.24, 2.45) is 5.14 Å². The molecule has 0 aliphatic carbocycles. The van der Waals surface area contributed by atoms with Gasteiger partial charge in [-0.3, -0.25) is 4.79 Å². The van der Waals surface area contributed by atoms with E-state index in [1.54, 1.807) is 12.1 Å². The van der Waals surface area contributed by atoms with Crippen molar-refractivity contribution in [1.82, 2.24) is 0 Å². The highest BCUT2D eigenvalue weighted by Gasteiger charge is 2.13. The molecule has 0 saturated carbocycles. The summed E-state index contributed by atoms with van der Waals surface area (Å²) in [7, 11) is -3.76. The largest absolute Gasteiger partial charge is 0.322 e. The normalized spacial score (nSPS) is 11.2. The van der Waals surface area contributed by atoms with Gasteiger partial charge in [0.25, 0.3) is 5.91 Å². The second-order valence-electron chi connectivity index (χ2n) is 4.12. The van der Waals surface area contributed by atoms with E-state index < -0.39 is 15.9 Å². The van der Waals surface area contributed by atoms with Crippen molar-refractivity contribution < 1.29 is 13.2 Å². The average Bonchev–Trinajstić information content (AvgIpc) is 2.41. The number of halogens is 2. The molecule has 0 fully saturated rings. The number of carbonyl (C=O) groups is 1. The molecule has 0 saturated heterocycles. The van der Waals surface area contributed by atoms with Crippen molar-refractivity contribution in [1.29, 1.82) is 0 Å². The van der Waals surface area contributed by atoms with Gasteiger partial charge in [0.15, 0.2) is 0 Å². The van der Waals surface area contributed by atoms with Crippen LogP contribution in [0.25, 0.3) is 0 Å². The number of nitrogens with two attached hydrogens (primary N) is 1. The molecule has 8 heteroatoms. The standard InChI is InChI=1S/C13H10Cl2N2O3S/c14-11-3-1-2-10(12(11)15)13(18)17-8-4-6-9(7-5-8)21(16,19)20/h1-7H,(H,17,18)(H2,16,19,20). The molecule has 0 heterocycles. The zero-order valence-corrected chi connectivity index (χ0v) is 12.8. The van der Waals surface area contributed by atoms with Crippen LogP contribution in [0.3, 0.4) is 0 Å². The summed E-state index contributed by atoms with van der Waals surface area (Å²) in [4.78, 5) is 12.0. The number of rotatable bonds is 3. The van der Waals surface area contributed by atoms with E-state index in [4.69, 9.17) is 28.3 Å². The summed E-state index contributed by atoms with van der Waals surface area (Å²) in [5.74, 6) is -0.453. The lowest BCUT2D eigenvalue weighted by Gasteiger charge is -2.08.